The number of likely N-dealkylation sites (N-methyl/N-ethyl adjacent to an activating group) is 1. The first-order chi connectivity index (χ1) is 9.17. The van der Waals surface area contributed by atoms with Crippen molar-refractivity contribution in [2.24, 2.45) is 0 Å². The van der Waals surface area contributed by atoms with Gasteiger partial charge in [0, 0.05) is 20.8 Å². The van der Waals surface area contributed by atoms with Crippen LogP contribution in [0.5, 0.6) is 0 Å². The fraction of sp³-hybridized carbons (Fsp3) is 0.375. The fourth-order valence-corrected chi connectivity index (χ4v) is 3.79. The molecule has 1 heterocycles. The summed E-state index contributed by atoms with van der Waals surface area (Å²) in [4.78, 5) is 1.44. The molecular formula is C16H20BrNS. The highest BCUT2D eigenvalue weighted by Gasteiger charge is 2.09. The first-order valence-corrected chi connectivity index (χ1v) is 8.30. The summed E-state index contributed by atoms with van der Waals surface area (Å²) in [6.45, 7) is 2.15. The number of hydrogen-bond donors (Lipinski definition) is 1. The van der Waals surface area contributed by atoms with Gasteiger partial charge in [0.1, 0.15) is 0 Å². The Morgan fingerprint density at radius 3 is 2.79 bits per heavy atom. The second-order valence-corrected chi connectivity index (χ2v) is 6.86. The standard InChI is InChI=1S/C16H20BrNS/c1-12-4-3-5-13(8-12)6-7-15(18-2)10-16-9-14(17)11-19-16/h3-5,8-9,11,15,18H,6-7,10H2,1-2H3. The largest absolute Gasteiger partial charge is 0.317 e. The van der Waals surface area contributed by atoms with Gasteiger partial charge < -0.3 is 5.32 Å². The predicted octanol–water partition coefficient (Wildman–Crippen LogP) is 4.58. The Balaban J connectivity index is 1.89. The fourth-order valence-electron chi connectivity index (χ4n) is 2.26. The summed E-state index contributed by atoms with van der Waals surface area (Å²) < 4.78 is 1.20. The molecule has 0 saturated heterocycles. The molecule has 0 spiro atoms. The Kier molecular flexibility index (Phi) is 5.61. The van der Waals surface area contributed by atoms with Gasteiger partial charge in [-0.15, -0.1) is 11.3 Å². The number of rotatable bonds is 6. The van der Waals surface area contributed by atoms with Crippen molar-refractivity contribution < 1.29 is 0 Å². The summed E-state index contributed by atoms with van der Waals surface area (Å²) in [7, 11) is 2.06. The van der Waals surface area contributed by atoms with Crippen LogP contribution in [0.15, 0.2) is 40.2 Å². The lowest BCUT2D eigenvalue weighted by molar-refractivity contribution is 0.523. The van der Waals surface area contributed by atoms with E-state index in [-0.39, 0.29) is 0 Å². The molecule has 0 radical (unpaired) electrons. The average molecular weight is 338 g/mol. The summed E-state index contributed by atoms with van der Waals surface area (Å²) in [5.74, 6) is 0. The number of halogens is 1. The van der Waals surface area contributed by atoms with Gasteiger partial charge in [-0.05, 0) is 60.8 Å². The van der Waals surface area contributed by atoms with Crippen molar-refractivity contribution in [2.75, 3.05) is 7.05 Å². The van der Waals surface area contributed by atoms with Crippen molar-refractivity contribution in [1.82, 2.24) is 5.32 Å². The van der Waals surface area contributed by atoms with Gasteiger partial charge in [-0.3, -0.25) is 0 Å². The minimum Gasteiger partial charge on any atom is -0.317 e. The number of aryl methyl sites for hydroxylation is 2. The van der Waals surface area contributed by atoms with Crippen molar-refractivity contribution in [2.45, 2.75) is 32.2 Å². The van der Waals surface area contributed by atoms with Crippen LogP contribution in [0.1, 0.15) is 22.4 Å². The monoisotopic (exact) mass is 337 g/mol. The van der Waals surface area contributed by atoms with E-state index < -0.39 is 0 Å². The molecule has 1 aromatic carbocycles. The first kappa shape index (κ1) is 14.8. The third-order valence-corrected chi connectivity index (χ3v) is 5.06. The van der Waals surface area contributed by atoms with Crippen molar-refractivity contribution in [3.05, 3.63) is 56.2 Å². The lowest BCUT2D eigenvalue weighted by atomic mass is 10.0. The minimum absolute atomic E-state index is 0.547. The second kappa shape index (κ2) is 7.22. The van der Waals surface area contributed by atoms with E-state index in [1.54, 1.807) is 0 Å². The van der Waals surface area contributed by atoms with E-state index in [0.717, 1.165) is 12.8 Å². The number of benzene rings is 1. The van der Waals surface area contributed by atoms with Crippen molar-refractivity contribution >= 4 is 27.3 Å². The predicted molar refractivity (Wildman–Crippen MR) is 88.1 cm³/mol. The molecule has 1 nitrogen and oxygen atoms in total. The molecular weight excluding hydrogens is 318 g/mol. The van der Waals surface area contributed by atoms with Gasteiger partial charge in [0.2, 0.25) is 0 Å². The van der Waals surface area contributed by atoms with Crippen LogP contribution < -0.4 is 5.32 Å². The zero-order valence-electron chi connectivity index (χ0n) is 11.4. The maximum absolute atomic E-state index is 3.52. The van der Waals surface area contributed by atoms with E-state index in [9.17, 15) is 0 Å². The smallest absolute Gasteiger partial charge is 0.0285 e. The average Bonchev–Trinajstić information content (AvgIpc) is 2.80. The molecule has 0 amide bonds. The van der Waals surface area contributed by atoms with Crippen LogP contribution in [0.25, 0.3) is 0 Å². The quantitative estimate of drug-likeness (QED) is 0.813. The molecule has 0 aliphatic carbocycles. The highest BCUT2D eigenvalue weighted by Crippen LogP contribution is 2.22. The van der Waals surface area contributed by atoms with Gasteiger partial charge in [-0.25, -0.2) is 0 Å². The molecule has 19 heavy (non-hydrogen) atoms. The van der Waals surface area contributed by atoms with Crippen molar-refractivity contribution in [1.29, 1.82) is 0 Å². The van der Waals surface area contributed by atoms with E-state index in [2.05, 4.69) is 70.9 Å². The molecule has 0 saturated carbocycles. The van der Waals surface area contributed by atoms with E-state index in [0.29, 0.717) is 6.04 Å². The van der Waals surface area contributed by atoms with Gasteiger partial charge in [0.05, 0.1) is 0 Å². The third kappa shape index (κ3) is 4.75. The molecule has 0 fully saturated rings. The van der Waals surface area contributed by atoms with Gasteiger partial charge in [0.25, 0.3) is 0 Å². The normalized spacial score (nSPS) is 12.6. The summed E-state index contributed by atoms with van der Waals surface area (Å²) in [6, 6.07) is 11.6. The minimum atomic E-state index is 0.547. The summed E-state index contributed by atoms with van der Waals surface area (Å²) in [6.07, 6.45) is 3.42. The molecule has 0 bridgehead atoms. The highest BCUT2D eigenvalue weighted by atomic mass is 79.9. The van der Waals surface area contributed by atoms with Crippen LogP contribution in [-0.4, -0.2) is 13.1 Å². The zero-order valence-corrected chi connectivity index (χ0v) is 13.9. The Hall–Kier alpha value is -0.640. The number of hydrogen-bond acceptors (Lipinski definition) is 2. The van der Waals surface area contributed by atoms with E-state index >= 15 is 0 Å². The highest BCUT2D eigenvalue weighted by molar-refractivity contribution is 9.10. The Morgan fingerprint density at radius 1 is 1.32 bits per heavy atom. The number of nitrogens with one attached hydrogen (secondary N) is 1. The van der Waals surface area contributed by atoms with E-state index in [1.807, 2.05) is 11.3 Å². The van der Waals surface area contributed by atoms with Crippen molar-refractivity contribution in [3.63, 3.8) is 0 Å². The molecule has 1 unspecified atom stereocenters. The molecule has 1 atom stereocenters. The summed E-state index contributed by atoms with van der Waals surface area (Å²) >= 11 is 5.35. The Labute approximate surface area is 128 Å². The second-order valence-electron chi connectivity index (χ2n) is 4.95. The van der Waals surface area contributed by atoms with Crippen LogP contribution in [0.2, 0.25) is 0 Å². The molecule has 2 aromatic rings. The van der Waals surface area contributed by atoms with Crippen LogP contribution in [0.3, 0.4) is 0 Å². The molecule has 102 valence electrons. The maximum atomic E-state index is 3.52. The third-order valence-electron chi connectivity index (χ3n) is 3.34. The SMILES string of the molecule is CNC(CCc1cccc(C)c1)Cc1cc(Br)cs1. The summed E-state index contributed by atoms with van der Waals surface area (Å²) in [5.41, 5.74) is 2.79. The first-order valence-electron chi connectivity index (χ1n) is 6.63. The molecule has 0 aliphatic rings. The summed E-state index contributed by atoms with van der Waals surface area (Å²) in [5, 5.41) is 5.59. The lowest BCUT2D eigenvalue weighted by Gasteiger charge is -2.15. The van der Waals surface area contributed by atoms with Crippen molar-refractivity contribution in [3.8, 4) is 0 Å². The van der Waals surface area contributed by atoms with E-state index in [4.69, 9.17) is 0 Å². The van der Waals surface area contributed by atoms with Crippen LogP contribution in [0.4, 0.5) is 0 Å². The van der Waals surface area contributed by atoms with Crippen LogP contribution >= 0.6 is 27.3 Å². The molecule has 1 N–H and O–H groups in total. The number of thiophene rings is 1. The van der Waals surface area contributed by atoms with Gasteiger partial charge in [0.15, 0.2) is 0 Å². The molecule has 1 aromatic heterocycles. The maximum Gasteiger partial charge on any atom is 0.0285 e. The Bertz CT molecular complexity index is 521. The molecule has 2 rings (SSSR count). The lowest BCUT2D eigenvalue weighted by Crippen LogP contribution is -2.27. The molecule has 0 aliphatic heterocycles. The van der Waals surface area contributed by atoms with E-state index in [1.165, 1.54) is 26.9 Å². The van der Waals surface area contributed by atoms with Crippen LogP contribution in [-0.2, 0) is 12.8 Å². The zero-order chi connectivity index (χ0) is 13.7. The topological polar surface area (TPSA) is 12.0 Å². The Morgan fingerprint density at radius 2 is 2.16 bits per heavy atom. The molecule has 3 heteroatoms. The van der Waals surface area contributed by atoms with Crippen LogP contribution in [0, 0.1) is 6.92 Å². The van der Waals surface area contributed by atoms with Gasteiger partial charge in [-0.2, -0.15) is 0 Å². The van der Waals surface area contributed by atoms with Gasteiger partial charge in [-0.1, -0.05) is 29.8 Å². The van der Waals surface area contributed by atoms with Gasteiger partial charge >= 0.3 is 0 Å².